The van der Waals surface area contributed by atoms with Crippen molar-refractivity contribution in [2.45, 2.75) is 12.8 Å². The Morgan fingerprint density at radius 2 is 1.08 bits per heavy atom. The predicted molar refractivity (Wildman–Crippen MR) is 214 cm³/mol. The molecule has 3 heteroatoms. The number of aryl methyl sites for hydroxylation is 1. The van der Waals surface area contributed by atoms with Crippen molar-refractivity contribution in [2.75, 3.05) is 19.8 Å². The van der Waals surface area contributed by atoms with Crippen molar-refractivity contribution >= 4 is 43.1 Å². The average Bonchev–Trinajstić information content (AvgIpc) is 3.90. The normalized spacial score (nSPS) is 11.3. The zero-order valence-electron chi connectivity index (χ0n) is 28.5. The first kappa shape index (κ1) is 31.6. The Balaban J connectivity index is 1.14. The lowest BCUT2D eigenvalue weighted by Gasteiger charge is -2.20. The van der Waals surface area contributed by atoms with Crippen LogP contribution in [-0.4, -0.2) is 30.0 Å². The lowest BCUT2D eigenvalue weighted by molar-refractivity contribution is 0.202. The first-order valence-electron chi connectivity index (χ1n) is 17.7. The highest BCUT2D eigenvalue weighted by molar-refractivity contribution is 6.20. The van der Waals surface area contributed by atoms with E-state index < -0.39 is 0 Å². The van der Waals surface area contributed by atoms with E-state index in [4.69, 9.17) is 4.74 Å². The molecule has 0 saturated heterocycles. The molecule has 8 aromatic rings. The zero-order valence-corrected chi connectivity index (χ0v) is 28.5. The molecule has 0 radical (unpaired) electrons. The molecule has 3 nitrogen and oxygen atoms in total. The Hall–Kier alpha value is -6.36. The molecule has 52 heavy (non-hydrogen) atoms. The number of hydrogen-bond acceptors (Lipinski definition) is 3. The summed E-state index contributed by atoms with van der Waals surface area (Å²) in [7, 11) is 0. The highest BCUT2D eigenvalue weighted by Crippen LogP contribution is 2.47. The third-order valence-corrected chi connectivity index (χ3v) is 9.95. The molecule has 8 aromatic carbocycles. The van der Waals surface area contributed by atoms with Crippen LogP contribution in [0.4, 0.5) is 0 Å². The number of rotatable bonds is 7. The van der Waals surface area contributed by atoms with E-state index in [9.17, 15) is 10.2 Å². The Morgan fingerprint density at radius 1 is 0.462 bits per heavy atom. The average molecular weight is 671 g/mol. The summed E-state index contributed by atoms with van der Waals surface area (Å²) in [4.78, 5) is 0. The SMILES string of the molecule is OCCCc1ccc2cc(C#Cc3ccc4ccccc4c3)ccc2c1-c1c(OCCO)ccc2cc(C#Cc3cc4c5c-4cccc5c3)ccc12. The number of fused-ring (bicyclic) bond motifs is 4. The molecule has 0 aromatic heterocycles. The number of ether oxygens (including phenoxy) is 1. The maximum atomic E-state index is 9.83. The molecular weight excluding hydrogens is 637 g/mol. The number of hydrogen-bond donors (Lipinski definition) is 2. The molecular formula is C49H34O3. The van der Waals surface area contributed by atoms with E-state index >= 15 is 0 Å². The van der Waals surface area contributed by atoms with Crippen LogP contribution >= 0.6 is 0 Å². The van der Waals surface area contributed by atoms with Gasteiger partial charge in [-0.25, -0.2) is 0 Å². The van der Waals surface area contributed by atoms with Gasteiger partial charge in [0.15, 0.2) is 0 Å². The third-order valence-electron chi connectivity index (χ3n) is 9.95. The van der Waals surface area contributed by atoms with Crippen LogP contribution in [0.5, 0.6) is 5.75 Å². The second kappa shape index (κ2) is 13.4. The van der Waals surface area contributed by atoms with Gasteiger partial charge in [-0.05, 0) is 133 Å². The topological polar surface area (TPSA) is 49.7 Å². The minimum absolute atomic E-state index is 0.0877. The van der Waals surface area contributed by atoms with Crippen LogP contribution in [0, 0.1) is 23.7 Å². The summed E-state index contributed by atoms with van der Waals surface area (Å²) >= 11 is 0. The Morgan fingerprint density at radius 3 is 1.83 bits per heavy atom. The third kappa shape index (κ3) is 5.93. The van der Waals surface area contributed by atoms with Crippen molar-refractivity contribution in [3.05, 3.63) is 161 Å². The van der Waals surface area contributed by atoms with Gasteiger partial charge in [-0.15, -0.1) is 0 Å². The number of benzene rings is 8. The summed E-state index contributed by atoms with van der Waals surface area (Å²) in [5, 5.41) is 28.8. The molecule has 2 N–H and O–H groups in total. The summed E-state index contributed by atoms with van der Waals surface area (Å²) in [5.41, 5.74) is 9.66. The van der Waals surface area contributed by atoms with Gasteiger partial charge in [0.1, 0.15) is 12.4 Å². The Bertz CT molecular complexity index is 2840. The van der Waals surface area contributed by atoms with Gasteiger partial charge in [0.25, 0.3) is 0 Å². The molecule has 0 atom stereocenters. The minimum atomic E-state index is -0.0877. The fourth-order valence-corrected chi connectivity index (χ4v) is 7.44. The maximum absolute atomic E-state index is 9.83. The van der Waals surface area contributed by atoms with Crippen molar-refractivity contribution in [2.24, 2.45) is 0 Å². The second-order valence-corrected chi connectivity index (χ2v) is 13.3. The van der Waals surface area contributed by atoms with Gasteiger partial charge in [0.05, 0.1) is 6.61 Å². The highest BCUT2D eigenvalue weighted by atomic mass is 16.5. The van der Waals surface area contributed by atoms with Crippen LogP contribution in [0.15, 0.2) is 133 Å². The Kier molecular flexibility index (Phi) is 8.15. The summed E-state index contributed by atoms with van der Waals surface area (Å²) in [6.45, 7) is 0.198. The summed E-state index contributed by atoms with van der Waals surface area (Å²) in [6, 6.07) is 46.5. The zero-order chi connectivity index (χ0) is 35.0. The molecule has 1 aliphatic rings. The molecule has 0 unspecified atom stereocenters. The number of aliphatic hydroxyl groups excluding tert-OH is 2. The van der Waals surface area contributed by atoms with Gasteiger partial charge in [0, 0.05) is 34.4 Å². The largest absolute Gasteiger partial charge is 0.491 e. The van der Waals surface area contributed by atoms with Crippen LogP contribution < -0.4 is 4.74 Å². The van der Waals surface area contributed by atoms with Crippen molar-refractivity contribution in [1.29, 1.82) is 0 Å². The van der Waals surface area contributed by atoms with E-state index in [0.717, 1.165) is 60.5 Å². The molecule has 0 spiro atoms. The highest BCUT2D eigenvalue weighted by Gasteiger charge is 2.21. The van der Waals surface area contributed by atoms with Gasteiger partial charge in [0.2, 0.25) is 0 Å². The van der Waals surface area contributed by atoms with Crippen LogP contribution in [0.2, 0.25) is 0 Å². The van der Waals surface area contributed by atoms with Crippen molar-refractivity contribution in [3.8, 4) is 51.7 Å². The monoisotopic (exact) mass is 670 g/mol. The molecule has 0 saturated carbocycles. The van der Waals surface area contributed by atoms with E-state index in [-0.39, 0.29) is 19.8 Å². The van der Waals surface area contributed by atoms with E-state index in [1.807, 2.05) is 18.2 Å². The van der Waals surface area contributed by atoms with E-state index in [2.05, 4.69) is 139 Å². The van der Waals surface area contributed by atoms with Gasteiger partial charge >= 0.3 is 0 Å². The molecule has 0 fully saturated rings. The van der Waals surface area contributed by atoms with Crippen LogP contribution in [0.25, 0.3) is 65.3 Å². The molecule has 0 aliphatic heterocycles. The molecule has 0 bridgehead atoms. The minimum Gasteiger partial charge on any atom is -0.491 e. The molecule has 1 aliphatic carbocycles. The van der Waals surface area contributed by atoms with Crippen molar-refractivity contribution in [1.82, 2.24) is 0 Å². The number of aliphatic hydroxyl groups is 2. The molecule has 9 rings (SSSR count). The fraction of sp³-hybridized carbons (Fsp3) is 0.102. The maximum Gasteiger partial charge on any atom is 0.127 e. The molecule has 0 amide bonds. The van der Waals surface area contributed by atoms with Crippen LogP contribution in [0.1, 0.15) is 34.2 Å². The van der Waals surface area contributed by atoms with E-state index in [1.54, 1.807) is 0 Å². The van der Waals surface area contributed by atoms with Crippen LogP contribution in [-0.2, 0) is 6.42 Å². The van der Waals surface area contributed by atoms with Gasteiger partial charge < -0.3 is 14.9 Å². The molecule has 0 heterocycles. The summed E-state index contributed by atoms with van der Waals surface area (Å²) < 4.78 is 6.23. The first-order chi connectivity index (χ1) is 25.7. The standard InChI is InChI=1S/C49H34O3/c50-24-4-8-37-18-19-39-28-33(11-10-32-14-17-36-5-1-2-6-38(36)27-32)15-21-42(39)48(37)49-43-22-16-34(29-40(43)20-23-46(49)52-26-25-51)12-13-35-30-41-7-3-9-44-45(31-35)47(41)44/h1-3,5-7,9,14-23,27-31,50-51H,4,8,24-26H2. The van der Waals surface area contributed by atoms with E-state index in [0.29, 0.717) is 18.6 Å². The molecule has 248 valence electrons. The lowest BCUT2D eigenvalue weighted by atomic mass is 9.87. The smallest absolute Gasteiger partial charge is 0.127 e. The summed E-state index contributed by atoms with van der Waals surface area (Å²) in [5.74, 6) is 14.3. The van der Waals surface area contributed by atoms with Gasteiger partial charge in [-0.3, -0.25) is 0 Å². The lowest BCUT2D eigenvalue weighted by Crippen LogP contribution is -2.04. The van der Waals surface area contributed by atoms with Crippen molar-refractivity contribution < 1.29 is 14.9 Å². The Labute approximate surface area is 302 Å². The van der Waals surface area contributed by atoms with E-state index in [1.165, 1.54) is 32.7 Å². The van der Waals surface area contributed by atoms with Crippen LogP contribution in [0.3, 0.4) is 0 Å². The van der Waals surface area contributed by atoms with Gasteiger partial charge in [-0.2, -0.15) is 0 Å². The second-order valence-electron chi connectivity index (χ2n) is 13.3. The first-order valence-corrected chi connectivity index (χ1v) is 17.7. The quantitative estimate of drug-likeness (QED) is 0.166. The van der Waals surface area contributed by atoms with Gasteiger partial charge in [-0.1, -0.05) is 103 Å². The van der Waals surface area contributed by atoms with Crippen molar-refractivity contribution in [3.63, 3.8) is 0 Å². The predicted octanol–water partition coefficient (Wildman–Crippen LogP) is 10.0. The fourth-order valence-electron chi connectivity index (χ4n) is 7.44. The summed E-state index contributed by atoms with van der Waals surface area (Å²) in [6.07, 6.45) is 1.35.